The summed E-state index contributed by atoms with van der Waals surface area (Å²) in [5.41, 5.74) is 1.20. The molecule has 1 atom stereocenters. The SMILES string of the molecule is CCc1nc2n(n1)CC(NC(=NCC(=O)N(C)C)NCCCN(C)c1ccccc1)CC2.I. The summed E-state index contributed by atoms with van der Waals surface area (Å²) < 4.78 is 2.00. The molecule has 1 unspecified atom stereocenters. The van der Waals surface area contributed by atoms with E-state index in [1.807, 2.05) is 10.7 Å². The first-order chi connectivity index (χ1) is 15.5. The minimum Gasteiger partial charge on any atom is -0.375 e. The molecule has 0 saturated heterocycles. The summed E-state index contributed by atoms with van der Waals surface area (Å²) in [5.74, 6) is 2.60. The van der Waals surface area contributed by atoms with E-state index in [1.165, 1.54) is 5.69 Å². The highest BCUT2D eigenvalue weighted by atomic mass is 127. The number of benzene rings is 1. The van der Waals surface area contributed by atoms with Gasteiger partial charge in [0.05, 0.1) is 6.54 Å². The molecule has 182 valence electrons. The molecule has 0 saturated carbocycles. The summed E-state index contributed by atoms with van der Waals surface area (Å²) >= 11 is 0. The highest BCUT2D eigenvalue weighted by Crippen LogP contribution is 2.13. The third-order valence-corrected chi connectivity index (χ3v) is 5.59. The topological polar surface area (TPSA) is 90.7 Å². The Bertz CT molecular complexity index is 899. The number of hydrogen-bond acceptors (Lipinski definition) is 5. The van der Waals surface area contributed by atoms with Crippen LogP contribution < -0.4 is 15.5 Å². The van der Waals surface area contributed by atoms with E-state index in [1.54, 1.807) is 19.0 Å². The number of anilines is 1. The number of halogens is 1. The van der Waals surface area contributed by atoms with Crippen LogP contribution in [0.25, 0.3) is 0 Å². The largest absolute Gasteiger partial charge is 0.375 e. The van der Waals surface area contributed by atoms with E-state index in [2.05, 4.69) is 68.8 Å². The molecule has 0 radical (unpaired) electrons. The Morgan fingerprint density at radius 2 is 2.00 bits per heavy atom. The van der Waals surface area contributed by atoms with Crippen molar-refractivity contribution in [3.05, 3.63) is 42.0 Å². The minimum atomic E-state index is -0.0234. The predicted molar refractivity (Wildman–Crippen MR) is 143 cm³/mol. The average molecular weight is 569 g/mol. The van der Waals surface area contributed by atoms with Gasteiger partial charge in [0.1, 0.15) is 12.4 Å². The molecule has 0 aliphatic carbocycles. The van der Waals surface area contributed by atoms with Crippen molar-refractivity contribution in [2.75, 3.05) is 45.7 Å². The van der Waals surface area contributed by atoms with Crippen LogP contribution in [0.2, 0.25) is 0 Å². The highest BCUT2D eigenvalue weighted by Gasteiger charge is 2.22. The van der Waals surface area contributed by atoms with Crippen LogP contribution in [0.15, 0.2) is 35.3 Å². The van der Waals surface area contributed by atoms with Crippen molar-refractivity contribution in [1.29, 1.82) is 0 Å². The van der Waals surface area contributed by atoms with Gasteiger partial charge in [0.2, 0.25) is 5.91 Å². The van der Waals surface area contributed by atoms with Crippen LogP contribution in [-0.2, 0) is 24.2 Å². The van der Waals surface area contributed by atoms with Crippen LogP contribution in [-0.4, -0.2) is 78.4 Å². The van der Waals surface area contributed by atoms with Gasteiger partial charge in [-0.1, -0.05) is 25.1 Å². The third-order valence-electron chi connectivity index (χ3n) is 5.59. The second-order valence-electron chi connectivity index (χ2n) is 8.35. The fourth-order valence-electron chi connectivity index (χ4n) is 3.60. The molecule has 0 spiro atoms. The summed E-state index contributed by atoms with van der Waals surface area (Å²) in [7, 11) is 5.59. The first-order valence-electron chi connectivity index (χ1n) is 11.4. The van der Waals surface area contributed by atoms with Gasteiger partial charge in [-0.05, 0) is 25.0 Å². The molecule has 1 aliphatic rings. The van der Waals surface area contributed by atoms with Crippen LogP contribution in [0.3, 0.4) is 0 Å². The second-order valence-corrected chi connectivity index (χ2v) is 8.35. The van der Waals surface area contributed by atoms with E-state index in [9.17, 15) is 4.79 Å². The molecule has 9 nitrogen and oxygen atoms in total. The van der Waals surface area contributed by atoms with E-state index in [0.717, 1.165) is 57.0 Å². The van der Waals surface area contributed by atoms with E-state index in [4.69, 9.17) is 0 Å². The molecule has 10 heteroatoms. The lowest BCUT2D eigenvalue weighted by molar-refractivity contribution is -0.127. The van der Waals surface area contributed by atoms with Crippen molar-refractivity contribution in [3.8, 4) is 0 Å². The molecular formula is C23H37IN8O. The molecule has 3 rings (SSSR count). The zero-order valence-electron chi connectivity index (χ0n) is 20.1. The number of aryl methyl sites for hydroxylation is 2. The zero-order valence-corrected chi connectivity index (χ0v) is 22.5. The first-order valence-corrected chi connectivity index (χ1v) is 11.4. The number of carbonyl (C=O) groups is 1. The normalized spacial score (nSPS) is 15.3. The lowest BCUT2D eigenvalue weighted by atomic mass is 10.1. The average Bonchev–Trinajstić information content (AvgIpc) is 3.22. The molecule has 2 N–H and O–H groups in total. The Labute approximate surface area is 214 Å². The molecule has 1 amide bonds. The van der Waals surface area contributed by atoms with Crippen LogP contribution >= 0.6 is 24.0 Å². The van der Waals surface area contributed by atoms with Crippen LogP contribution in [0, 0.1) is 0 Å². The quantitative estimate of drug-likeness (QED) is 0.208. The van der Waals surface area contributed by atoms with Crippen LogP contribution in [0.5, 0.6) is 0 Å². The zero-order chi connectivity index (χ0) is 22.9. The fraction of sp³-hybridized carbons (Fsp3) is 0.565. The number of likely N-dealkylation sites (N-methyl/N-ethyl adjacent to an activating group) is 1. The number of nitrogens with one attached hydrogen (secondary N) is 2. The number of aromatic nitrogens is 3. The van der Waals surface area contributed by atoms with Crippen molar-refractivity contribution < 1.29 is 4.79 Å². The standard InChI is InChI=1S/C23H36N8O.HI/c1-5-20-27-21-13-12-18(17-31(21)28-20)26-23(25-16-22(32)29(2)3)24-14-9-15-30(4)19-10-7-6-8-11-19;/h6-8,10-11,18H,5,9,12-17H2,1-4H3,(H2,24,25,26);1H. The first kappa shape index (κ1) is 26.9. The third kappa shape index (κ3) is 8.17. The summed E-state index contributed by atoms with van der Waals surface area (Å²) in [6.07, 6.45) is 3.64. The molecule has 2 aromatic rings. The van der Waals surface area contributed by atoms with Gasteiger partial charge in [-0.15, -0.1) is 24.0 Å². The number of nitrogens with zero attached hydrogens (tertiary/aromatic N) is 6. The van der Waals surface area contributed by atoms with Crippen molar-refractivity contribution in [2.24, 2.45) is 4.99 Å². The number of carbonyl (C=O) groups excluding carboxylic acids is 1. The molecule has 0 bridgehead atoms. The maximum absolute atomic E-state index is 12.0. The van der Waals surface area contributed by atoms with Gasteiger partial charge in [0.25, 0.3) is 0 Å². The Morgan fingerprint density at radius 3 is 2.70 bits per heavy atom. The number of fused-ring (bicyclic) bond motifs is 1. The Hall–Kier alpha value is -2.37. The maximum Gasteiger partial charge on any atom is 0.243 e. The fourth-order valence-corrected chi connectivity index (χ4v) is 3.60. The van der Waals surface area contributed by atoms with Gasteiger partial charge >= 0.3 is 0 Å². The van der Waals surface area contributed by atoms with E-state index >= 15 is 0 Å². The maximum atomic E-state index is 12.0. The van der Waals surface area contributed by atoms with Gasteiger partial charge in [0, 0.05) is 58.8 Å². The highest BCUT2D eigenvalue weighted by molar-refractivity contribution is 14.0. The van der Waals surface area contributed by atoms with E-state index in [-0.39, 0.29) is 42.5 Å². The van der Waals surface area contributed by atoms with Gasteiger partial charge < -0.3 is 20.4 Å². The van der Waals surface area contributed by atoms with Crippen molar-refractivity contribution in [1.82, 2.24) is 30.3 Å². The number of aliphatic imine (C=N–C) groups is 1. The Kier molecular flexibility index (Phi) is 10.9. The summed E-state index contributed by atoms with van der Waals surface area (Å²) in [6.45, 7) is 4.63. The summed E-state index contributed by atoms with van der Waals surface area (Å²) in [4.78, 5) is 25.0. The number of amides is 1. The molecular weight excluding hydrogens is 531 g/mol. The molecule has 33 heavy (non-hydrogen) atoms. The minimum absolute atomic E-state index is 0. The number of rotatable bonds is 9. The molecule has 1 aromatic carbocycles. The number of para-hydroxylation sites is 1. The van der Waals surface area contributed by atoms with Crippen molar-refractivity contribution in [2.45, 2.75) is 45.2 Å². The van der Waals surface area contributed by atoms with E-state index in [0.29, 0.717) is 5.96 Å². The smallest absolute Gasteiger partial charge is 0.243 e. The van der Waals surface area contributed by atoms with Crippen LogP contribution in [0.1, 0.15) is 31.4 Å². The van der Waals surface area contributed by atoms with Crippen molar-refractivity contribution >= 4 is 41.5 Å². The Morgan fingerprint density at radius 1 is 1.24 bits per heavy atom. The Balaban J connectivity index is 0.00000385. The second kappa shape index (κ2) is 13.4. The van der Waals surface area contributed by atoms with Gasteiger partial charge in [-0.25, -0.2) is 14.7 Å². The predicted octanol–water partition coefficient (Wildman–Crippen LogP) is 1.92. The van der Waals surface area contributed by atoms with Gasteiger partial charge in [-0.2, -0.15) is 5.10 Å². The summed E-state index contributed by atoms with van der Waals surface area (Å²) in [6, 6.07) is 10.5. The molecule has 1 aromatic heterocycles. The molecule has 1 aliphatic heterocycles. The van der Waals surface area contributed by atoms with Crippen molar-refractivity contribution in [3.63, 3.8) is 0 Å². The monoisotopic (exact) mass is 568 g/mol. The van der Waals surface area contributed by atoms with E-state index < -0.39 is 0 Å². The van der Waals surface area contributed by atoms with Gasteiger partial charge in [-0.3, -0.25) is 4.79 Å². The number of guanidine groups is 1. The molecule has 0 fully saturated rings. The number of hydrogen-bond donors (Lipinski definition) is 2. The van der Waals surface area contributed by atoms with Gasteiger partial charge in [0.15, 0.2) is 11.8 Å². The lowest BCUT2D eigenvalue weighted by Gasteiger charge is -2.26. The van der Waals surface area contributed by atoms with Crippen LogP contribution in [0.4, 0.5) is 5.69 Å². The molecule has 2 heterocycles. The lowest BCUT2D eigenvalue weighted by Crippen LogP contribution is -2.48. The summed E-state index contributed by atoms with van der Waals surface area (Å²) in [5, 5.41) is 11.5.